The Kier molecular flexibility index (Phi) is 4.32. The van der Waals surface area contributed by atoms with Crippen LogP contribution in [0.2, 0.25) is 0 Å². The number of nitrogens with zero attached hydrogens (tertiary/aromatic N) is 1. The van der Waals surface area contributed by atoms with Crippen molar-refractivity contribution in [3.05, 3.63) is 48.4 Å². The Balaban J connectivity index is 1.73. The highest BCUT2D eigenvalue weighted by Crippen LogP contribution is 2.30. The number of anilines is 1. The maximum Gasteiger partial charge on any atom is 0.240 e. The van der Waals surface area contributed by atoms with E-state index in [0.29, 0.717) is 23.8 Å². The van der Waals surface area contributed by atoms with Crippen LogP contribution >= 0.6 is 0 Å². The molecule has 1 atom stereocenters. The van der Waals surface area contributed by atoms with Crippen molar-refractivity contribution in [3.63, 3.8) is 0 Å². The summed E-state index contributed by atoms with van der Waals surface area (Å²) < 4.78 is 10.8. The first-order valence-electron chi connectivity index (χ1n) is 7.50. The summed E-state index contributed by atoms with van der Waals surface area (Å²) >= 11 is 0. The highest BCUT2D eigenvalue weighted by atomic mass is 16.5. The van der Waals surface area contributed by atoms with E-state index in [2.05, 4.69) is 5.32 Å². The first-order chi connectivity index (χ1) is 11.1. The van der Waals surface area contributed by atoms with E-state index in [4.69, 9.17) is 9.15 Å². The number of hydrogen-bond donors (Lipinski definition) is 1. The number of rotatable bonds is 4. The number of ether oxygens (including phenoxy) is 1. The minimum atomic E-state index is -0.258. The van der Waals surface area contributed by atoms with Crippen molar-refractivity contribution in [2.24, 2.45) is 0 Å². The number of carbonyl (C=O) groups excluding carboxylic acids is 2. The largest absolute Gasteiger partial charge is 0.491 e. The number of nitrogens with one attached hydrogen (secondary N) is 1. The minimum absolute atomic E-state index is 0.0513. The molecule has 1 aromatic heterocycles. The molecule has 0 aliphatic carbocycles. The van der Waals surface area contributed by atoms with Gasteiger partial charge in [-0.25, -0.2) is 0 Å². The number of para-hydroxylation sites is 2. The molecular weight excluding hydrogens is 296 g/mol. The topological polar surface area (TPSA) is 71.8 Å². The second-order valence-electron chi connectivity index (χ2n) is 5.35. The van der Waals surface area contributed by atoms with Gasteiger partial charge in [-0.05, 0) is 31.2 Å². The van der Waals surface area contributed by atoms with Crippen LogP contribution in [0.25, 0.3) is 0 Å². The van der Waals surface area contributed by atoms with Gasteiger partial charge in [0.25, 0.3) is 0 Å². The van der Waals surface area contributed by atoms with Crippen molar-refractivity contribution in [1.82, 2.24) is 5.32 Å². The molecule has 6 nitrogen and oxygen atoms in total. The maximum absolute atomic E-state index is 12.3. The standard InChI is InChI=1S/C17H18N2O4/c1-12(14-7-4-9-22-14)18-16(20)11-19-13-5-2-3-6-15(13)23-10-8-17(19)21/h2-7,9,12H,8,10-11H2,1H3,(H,18,20)/t12-/m1/s1. The molecular formula is C17H18N2O4. The summed E-state index contributed by atoms with van der Waals surface area (Å²) in [6.45, 7) is 2.10. The van der Waals surface area contributed by atoms with Crippen LogP contribution < -0.4 is 15.0 Å². The molecule has 3 rings (SSSR count). The first-order valence-corrected chi connectivity index (χ1v) is 7.50. The Morgan fingerprint density at radius 2 is 2.13 bits per heavy atom. The van der Waals surface area contributed by atoms with Crippen LogP contribution in [-0.4, -0.2) is 25.0 Å². The van der Waals surface area contributed by atoms with E-state index in [-0.39, 0.29) is 30.8 Å². The second-order valence-corrected chi connectivity index (χ2v) is 5.35. The first kappa shape index (κ1) is 15.1. The van der Waals surface area contributed by atoms with Crippen LogP contribution in [0.3, 0.4) is 0 Å². The predicted molar refractivity (Wildman–Crippen MR) is 84.2 cm³/mol. The van der Waals surface area contributed by atoms with E-state index < -0.39 is 0 Å². The van der Waals surface area contributed by atoms with Crippen molar-refractivity contribution in [2.45, 2.75) is 19.4 Å². The molecule has 23 heavy (non-hydrogen) atoms. The summed E-state index contributed by atoms with van der Waals surface area (Å²) in [6, 6.07) is 10.5. The van der Waals surface area contributed by atoms with Gasteiger partial charge in [0.1, 0.15) is 18.1 Å². The molecule has 0 radical (unpaired) electrons. The quantitative estimate of drug-likeness (QED) is 0.939. The summed E-state index contributed by atoms with van der Waals surface area (Å²) in [5, 5.41) is 2.83. The van der Waals surface area contributed by atoms with Gasteiger partial charge in [-0.2, -0.15) is 0 Å². The van der Waals surface area contributed by atoms with Gasteiger partial charge < -0.3 is 14.5 Å². The lowest BCUT2D eigenvalue weighted by Crippen LogP contribution is -2.41. The Morgan fingerprint density at radius 3 is 2.91 bits per heavy atom. The molecule has 1 aliphatic rings. The fraction of sp³-hybridized carbons (Fsp3) is 0.294. The third-order valence-electron chi connectivity index (χ3n) is 3.68. The molecule has 0 unspecified atom stereocenters. The van der Waals surface area contributed by atoms with Gasteiger partial charge in [0.05, 0.1) is 31.0 Å². The molecule has 120 valence electrons. The number of benzene rings is 1. The molecule has 0 spiro atoms. The van der Waals surface area contributed by atoms with Gasteiger partial charge >= 0.3 is 0 Å². The smallest absolute Gasteiger partial charge is 0.240 e. The van der Waals surface area contributed by atoms with Crippen LogP contribution in [0, 0.1) is 0 Å². The molecule has 0 fully saturated rings. The van der Waals surface area contributed by atoms with Crippen LogP contribution in [0.5, 0.6) is 5.75 Å². The van der Waals surface area contributed by atoms with E-state index in [1.807, 2.05) is 19.1 Å². The van der Waals surface area contributed by atoms with Gasteiger partial charge in [0, 0.05) is 0 Å². The fourth-order valence-electron chi connectivity index (χ4n) is 2.53. The number of amides is 2. The van der Waals surface area contributed by atoms with Crippen molar-refractivity contribution >= 4 is 17.5 Å². The minimum Gasteiger partial charge on any atom is -0.491 e. The molecule has 0 saturated heterocycles. The normalized spacial score (nSPS) is 15.3. The molecule has 1 N–H and O–H groups in total. The van der Waals surface area contributed by atoms with Crippen molar-refractivity contribution < 1.29 is 18.7 Å². The Labute approximate surface area is 134 Å². The highest BCUT2D eigenvalue weighted by molar-refractivity contribution is 6.00. The van der Waals surface area contributed by atoms with Crippen molar-refractivity contribution in [2.75, 3.05) is 18.1 Å². The van der Waals surface area contributed by atoms with Crippen LogP contribution in [0.15, 0.2) is 47.1 Å². The molecule has 2 amide bonds. The monoisotopic (exact) mass is 314 g/mol. The van der Waals surface area contributed by atoms with Crippen LogP contribution in [0.4, 0.5) is 5.69 Å². The number of fused-ring (bicyclic) bond motifs is 1. The fourth-order valence-corrected chi connectivity index (χ4v) is 2.53. The third-order valence-corrected chi connectivity index (χ3v) is 3.68. The Morgan fingerprint density at radius 1 is 1.30 bits per heavy atom. The maximum atomic E-state index is 12.3. The SMILES string of the molecule is C[C@@H](NC(=O)CN1C(=O)CCOc2ccccc21)c1ccco1. The predicted octanol–water partition coefficient (Wildman–Crippen LogP) is 2.27. The van der Waals surface area contributed by atoms with Gasteiger partial charge in [0.15, 0.2) is 0 Å². The van der Waals surface area contributed by atoms with E-state index >= 15 is 0 Å². The molecule has 2 aromatic rings. The van der Waals surface area contributed by atoms with Gasteiger partial charge in [-0.3, -0.25) is 14.5 Å². The van der Waals surface area contributed by atoms with Gasteiger partial charge in [0.2, 0.25) is 11.8 Å². The second kappa shape index (κ2) is 6.56. The van der Waals surface area contributed by atoms with Crippen molar-refractivity contribution in [3.8, 4) is 5.75 Å². The van der Waals surface area contributed by atoms with E-state index in [1.165, 1.54) is 4.90 Å². The summed E-state index contributed by atoms with van der Waals surface area (Å²) in [5.41, 5.74) is 0.621. The van der Waals surface area contributed by atoms with Crippen molar-refractivity contribution in [1.29, 1.82) is 0 Å². The summed E-state index contributed by atoms with van der Waals surface area (Å²) in [4.78, 5) is 26.0. The average molecular weight is 314 g/mol. The summed E-state index contributed by atoms with van der Waals surface area (Å²) in [7, 11) is 0. The van der Waals surface area contributed by atoms with E-state index in [0.717, 1.165) is 0 Å². The molecule has 0 saturated carbocycles. The molecule has 6 heteroatoms. The van der Waals surface area contributed by atoms with E-state index in [1.54, 1.807) is 30.5 Å². The summed E-state index contributed by atoms with van der Waals surface area (Å²) in [6.07, 6.45) is 1.81. The van der Waals surface area contributed by atoms with Gasteiger partial charge in [-0.1, -0.05) is 12.1 Å². The zero-order valence-corrected chi connectivity index (χ0v) is 12.8. The number of carbonyl (C=O) groups is 2. The highest BCUT2D eigenvalue weighted by Gasteiger charge is 2.25. The summed E-state index contributed by atoms with van der Waals surface area (Å²) in [5.74, 6) is 0.907. The van der Waals surface area contributed by atoms with Gasteiger partial charge in [-0.15, -0.1) is 0 Å². The lowest BCUT2D eigenvalue weighted by molar-refractivity contribution is -0.124. The zero-order chi connectivity index (χ0) is 16.2. The lowest BCUT2D eigenvalue weighted by Gasteiger charge is -2.22. The Bertz CT molecular complexity index is 696. The lowest BCUT2D eigenvalue weighted by atomic mass is 10.2. The molecule has 1 aromatic carbocycles. The number of hydrogen-bond acceptors (Lipinski definition) is 4. The molecule has 1 aliphatic heterocycles. The third kappa shape index (κ3) is 3.36. The van der Waals surface area contributed by atoms with E-state index in [9.17, 15) is 9.59 Å². The Hall–Kier alpha value is -2.76. The number of furan rings is 1. The molecule has 0 bridgehead atoms. The van der Waals surface area contributed by atoms with Crippen LogP contribution in [-0.2, 0) is 9.59 Å². The van der Waals surface area contributed by atoms with Crippen LogP contribution in [0.1, 0.15) is 25.1 Å². The molecule has 2 heterocycles. The average Bonchev–Trinajstić information content (AvgIpc) is 3.03. The zero-order valence-electron chi connectivity index (χ0n) is 12.8.